The maximum atomic E-state index is 12.9. The SMILES string of the molecule is CC(C)(O)[C@H]1CC[C@@](C)([C@H]2CC[C@]3(C)[C@@H]2[C@H](O)C[C@@H]2[C@@]4(C)CC[C@H](NC(=O)[C@H]5CCN5)C(C)(C)[C@@H]4CC[C@]23C)O1. The minimum Gasteiger partial charge on any atom is -0.393 e. The molecule has 2 saturated heterocycles. The Bertz CT molecular complexity index is 1020. The van der Waals surface area contributed by atoms with Gasteiger partial charge in [-0.05, 0) is 137 Å². The summed E-state index contributed by atoms with van der Waals surface area (Å²) in [6, 6.07) is 0.199. The van der Waals surface area contributed by atoms with E-state index < -0.39 is 5.60 Å². The number of fused-ring (bicyclic) bond motifs is 5. The number of aliphatic hydroxyl groups excluding tert-OH is 1. The molecule has 2 heterocycles. The fraction of sp³-hybridized carbons (Fsp3) is 0.971. The van der Waals surface area contributed by atoms with Crippen LogP contribution < -0.4 is 10.6 Å². The number of aliphatic hydroxyl groups is 2. The summed E-state index contributed by atoms with van der Waals surface area (Å²) in [4.78, 5) is 12.9. The van der Waals surface area contributed by atoms with E-state index in [1.54, 1.807) is 0 Å². The van der Waals surface area contributed by atoms with Crippen LogP contribution >= 0.6 is 0 Å². The molecule has 0 spiro atoms. The van der Waals surface area contributed by atoms with Crippen LogP contribution in [0.15, 0.2) is 0 Å². The first-order chi connectivity index (χ1) is 18.5. The van der Waals surface area contributed by atoms with Crippen molar-refractivity contribution in [3.63, 3.8) is 0 Å². The lowest BCUT2D eigenvalue weighted by atomic mass is 9.35. The number of carbonyl (C=O) groups excluding carboxylic acids is 1. The van der Waals surface area contributed by atoms with E-state index in [1.165, 1.54) is 12.8 Å². The van der Waals surface area contributed by atoms with Gasteiger partial charge in [0, 0.05) is 6.04 Å². The molecule has 0 radical (unpaired) electrons. The van der Waals surface area contributed by atoms with Crippen molar-refractivity contribution in [3.05, 3.63) is 0 Å². The minimum atomic E-state index is -0.839. The average molecular weight is 559 g/mol. The van der Waals surface area contributed by atoms with E-state index in [2.05, 4.69) is 52.2 Å². The molecule has 6 rings (SSSR count). The fourth-order valence-corrected chi connectivity index (χ4v) is 12.1. The van der Waals surface area contributed by atoms with E-state index >= 15 is 0 Å². The zero-order chi connectivity index (χ0) is 29.1. The zero-order valence-corrected chi connectivity index (χ0v) is 26.6. The molecular weight excluding hydrogens is 500 g/mol. The van der Waals surface area contributed by atoms with Gasteiger partial charge in [0.2, 0.25) is 5.91 Å². The van der Waals surface area contributed by atoms with Crippen LogP contribution in [0.3, 0.4) is 0 Å². The highest BCUT2D eigenvalue weighted by Crippen LogP contribution is 2.76. The highest BCUT2D eigenvalue weighted by Gasteiger charge is 2.72. The summed E-state index contributed by atoms with van der Waals surface area (Å²) in [5.74, 6) is 1.74. The molecule has 0 aromatic rings. The second-order valence-electron chi connectivity index (χ2n) is 17.3. The third-order valence-corrected chi connectivity index (χ3v) is 14.8. The molecular formula is C34H58N2O4. The lowest BCUT2D eigenvalue weighted by molar-refractivity contribution is -0.240. The average Bonchev–Trinajstić information content (AvgIpc) is 3.39. The molecule has 0 bridgehead atoms. The van der Waals surface area contributed by atoms with Crippen LogP contribution in [-0.2, 0) is 9.53 Å². The molecule has 0 unspecified atom stereocenters. The lowest BCUT2D eigenvalue weighted by Gasteiger charge is -2.71. The number of nitrogens with one attached hydrogen (secondary N) is 2. The summed E-state index contributed by atoms with van der Waals surface area (Å²) < 4.78 is 6.71. The van der Waals surface area contributed by atoms with Crippen molar-refractivity contribution in [2.24, 2.45) is 45.3 Å². The van der Waals surface area contributed by atoms with Crippen molar-refractivity contribution in [1.82, 2.24) is 10.6 Å². The van der Waals surface area contributed by atoms with Crippen molar-refractivity contribution < 1.29 is 19.7 Å². The molecule has 4 aliphatic carbocycles. The molecule has 228 valence electrons. The molecule has 6 heteroatoms. The van der Waals surface area contributed by atoms with Crippen molar-refractivity contribution >= 4 is 5.91 Å². The number of rotatable bonds is 4. The van der Waals surface area contributed by atoms with E-state index in [-0.39, 0.29) is 63.4 Å². The van der Waals surface area contributed by atoms with Crippen LogP contribution in [-0.4, -0.2) is 58.2 Å². The Morgan fingerprint density at radius 1 is 0.900 bits per heavy atom. The highest BCUT2D eigenvalue weighted by molar-refractivity contribution is 5.83. The predicted octanol–water partition coefficient (Wildman–Crippen LogP) is 5.20. The largest absolute Gasteiger partial charge is 0.393 e. The molecule has 0 aromatic carbocycles. The molecule has 2 aliphatic heterocycles. The summed E-state index contributed by atoms with van der Waals surface area (Å²) in [5, 5.41) is 29.6. The molecule has 6 aliphatic rings. The zero-order valence-electron chi connectivity index (χ0n) is 26.6. The second-order valence-corrected chi connectivity index (χ2v) is 17.3. The van der Waals surface area contributed by atoms with Gasteiger partial charge >= 0.3 is 0 Å². The maximum absolute atomic E-state index is 12.9. The van der Waals surface area contributed by atoms with Gasteiger partial charge in [-0.3, -0.25) is 4.79 Å². The molecule has 4 N–H and O–H groups in total. The third kappa shape index (κ3) is 3.97. The van der Waals surface area contributed by atoms with Gasteiger partial charge in [0.05, 0.1) is 29.5 Å². The standard InChI is InChI=1S/C34H58N2O4/c1-29(2)23-10-16-32(6)24(31(23,5)14-11-25(29)36-28(38)21-13-18-35-21)19-22(37)27-20(9-15-33(27,32)7)34(8)17-12-26(40-34)30(3,4)39/h20-27,35,37,39H,9-19H2,1-8H3,(H,36,38)/t20-,21+,22+,23-,24+,25-,26+,27-,31-,32+,33+,34-/m0/s1. The van der Waals surface area contributed by atoms with E-state index in [1.807, 2.05) is 13.8 Å². The van der Waals surface area contributed by atoms with Gasteiger partial charge in [-0.1, -0.05) is 34.6 Å². The first-order valence-corrected chi connectivity index (χ1v) is 16.6. The smallest absolute Gasteiger partial charge is 0.237 e. The van der Waals surface area contributed by atoms with E-state index in [0.717, 1.165) is 57.9 Å². The first-order valence-electron chi connectivity index (χ1n) is 16.6. The Morgan fingerprint density at radius 2 is 1.57 bits per heavy atom. The van der Waals surface area contributed by atoms with E-state index in [9.17, 15) is 15.0 Å². The van der Waals surface area contributed by atoms with Gasteiger partial charge in [-0.25, -0.2) is 0 Å². The summed E-state index contributed by atoms with van der Waals surface area (Å²) in [6.07, 6.45) is 10.0. The number of ether oxygens (including phenoxy) is 1. The lowest BCUT2D eigenvalue weighted by Crippen LogP contribution is -2.68. The topological polar surface area (TPSA) is 90.8 Å². The number of carbonyl (C=O) groups is 1. The van der Waals surface area contributed by atoms with Crippen molar-refractivity contribution in [2.45, 2.75) is 155 Å². The van der Waals surface area contributed by atoms with E-state index in [4.69, 9.17) is 4.74 Å². The van der Waals surface area contributed by atoms with Gasteiger partial charge in [0.1, 0.15) is 0 Å². The van der Waals surface area contributed by atoms with Crippen LogP contribution in [0.5, 0.6) is 0 Å². The molecule has 0 aromatic heterocycles. The Labute approximate surface area is 243 Å². The van der Waals surface area contributed by atoms with Crippen LogP contribution in [0.4, 0.5) is 0 Å². The fourth-order valence-electron chi connectivity index (χ4n) is 12.1. The van der Waals surface area contributed by atoms with Gasteiger partial charge in [-0.2, -0.15) is 0 Å². The Kier molecular flexibility index (Phi) is 6.73. The summed E-state index contributed by atoms with van der Waals surface area (Å²) in [6.45, 7) is 19.4. The van der Waals surface area contributed by atoms with Crippen LogP contribution in [0.1, 0.15) is 120 Å². The molecule has 4 saturated carbocycles. The van der Waals surface area contributed by atoms with Gasteiger partial charge in [0.25, 0.3) is 0 Å². The summed E-state index contributed by atoms with van der Waals surface area (Å²) in [5.41, 5.74) is -0.715. The molecule has 40 heavy (non-hydrogen) atoms. The monoisotopic (exact) mass is 558 g/mol. The van der Waals surface area contributed by atoms with Crippen LogP contribution in [0.25, 0.3) is 0 Å². The van der Waals surface area contributed by atoms with Gasteiger partial charge in [-0.15, -0.1) is 0 Å². The Hall–Kier alpha value is -0.690. The minimum absolute atomic E-state index is 0.0103. The molecule has 1 amide bonds. The number of hydrogen-bond donors (Lipinski definition) is 4. The first kappa shape index (κ1) is 29.4. The van der Waals surface area contributed by atoms with Crippen LogP contribution in [0.2, 0.25) is 0 Å². The number of amides is 1. The predicted molar refractivity (Wildman–Crippen MR) is 158 cm³/mol. The Morgan fingerprint density at radius 3 is 2.17 bits per heavy atom. The quantitative estimate of drug-likeness (QED) is 0.381. The second kappa shape index (κ2) is 9.16. The Balaban J connectivity index is 1.26. The molecule has 12 atom stereocenters. The van der Waals surface area contributed by atoms with Crippen molar-refractivity contribution in [2.75, 3.05) is 6.54 Å². The van der Waals surface area contributed by atoms with Crippen molar-refractivity contribution in [3.8, 4) is 0 Å². The van der Waals surface area contributed by atoms with Crippen molar-refractivity contribution in [1.29, 1.82) is 0 Å². The van der Waals surface area contributed by atoms with Gasteiger partial charge < -0.3 is 25.6 Å². The molecule has 6 nitrogen and oxygen atoms in total. The summed E-state index contributed by atoms with van der Waals surface area (Å²) >= 11 is 0. The normalized spacial score (nSPS) is 53.6. The maximum Gasteiger partial charge on any atom is 0.237 e. The van der Waals surface area contributed by atoms with Crippen LogP contribution in [0, 0.1) is 45.3 Å². The third-order valence-electron chi connectivity index (χ3n) is 14.8. The van der Waals surface area contributed by atoms with Gasteiger partial charge in [0.15, 0.2) is 0 Å². The highest BCUT2D eigenvalue weighted by atomic mass is 16.5. The molecule has 6 fully saturated rings. The summed E-state index contributed by atoms with van der Waals surface area (Å²) in [7, 11) is 0. The van der Waals surface area contributed by atoms with E-state index in [0.29, 0.717) is 17.8 Å². The number of hydrogen-bond acceptors (Lipinski definition) is 5.